The summed E-state index contributed by atoms with van der Waals surface area (Å²) in [5.74, 6) is 0.839. The van der Waals surface area contributed by atoms with E-state index in [4.69, 9.17) is 9.40 Å². The first-order valence-electron chi connectivity index (χ1n) is 11.8. The molecule has 0 aliphatic carbocycles. The van der Waals surface area contributed by atoms with E-state index in [0.29, 0.717) is 12.3 Å². The summed E-state index contributed by atoms with van der Waals surface area (Å²) in [6.07, 6.45) is 1.60. The van der Waals surface area contributed by atoms with Crippen molar-refractivity contribution in [1.82, 2.24) is 15.2 Å². The Balaban J connectivity index is 1.10. The fourth-order valence-electron chi connectivity index (χ4n) is 4.30. The number of thiazole rings is 1. The van der Waals surface area contributed by atoms with Gasteiger partial charge >= 0.3 is 0 Å². The monoisotopic (exact) mass is 488 g/mol. The van der Waals surface area contributed by atoms with E-state index in [1.807, 2.05) is 31.2 Å². The summed E-state index contributed by atoms with van der Waals surface area (Å²) in [5.41, 5.74) is 4.04. The number of anilines is 1. The fourth-order valence-corrected chi connectivity index (χ4v) is 5.37. The Kier molecular flexibility index (Phi) is 6.66. The smallest absolute Gasteiger partial charge is 0.287 e. The van der Waals surface area contributed by atoms with Gasteiger partial charge in [0.2, 0.25) is 5.91 Å². The van der Waals surface area contributed by atoms with Gasteiger partial charge in [0, 0.05) is 30.4 Å². The van der Waals surface area contributed by atoms with Crippen LogP contribution in [-0.4, -0.2) is 47.4 Å². The summed E-state index contributed by atoms with van der Waals surface area (Å²) in [6.45, 7) is 5.74. The van der Waals surface area contributed by atoms with Crippen molar-refractivity contribution in [3.63, 3.8) is 0 Å². The zero-order valence-electron chi connectivity index (χ0n) is 19.8. The number of hydrogen-bond acceptors (Lipinski definition) is 6. The summed E-state index contributed by atoms with van der Waals surface area (Å²) in [7, 11) is 0. The topological polar surface area (TPSA) is 87.5 Å². The lowest BCUT2D eigenvalue weighted by Gasteiger charge is -2.31. The molecule has 2 amide bonds. The van der Waals surface area contributed by atoms with Crippen LogP contribution in [0, 0.1) is 13.8 Å². The summed E-state index contributed by atoms with van der Waals surface area (Å²) in [6, 6.07) is 17.7. The van der Waals surface area contributed by atoms with Crippen LogP contribution in [0.15, 0.2) is 59.0 Å². The van der Waals surface area contributed by atoms with E-state index >= 15 is 0 Å². The standard InChI is InChI=1S/C27H28N4O3S/c1-17-3-9-22-24(15-17)35-27(30-22)19-5-7-20(8-6-19)28-25(32)16-31-13-11-21(12-14-31)29-26(33)23-10-4-18(2)34-23/h3-10,15,21H,11-14,16H2,1-2H3,(H,28,32)(H,29,33). The van der Waals surface area contributed by atoms with E-state index < -0.39 is 0 Å². The van der Waals surface area contributed by atoms with Gasteiger partial charge in [-0.3, -0.25) is 14.5 Å². The second kappa shape index (κ2) is 10.0. The number of benzene rings is 2. The van der Waals surface area contributed by atoms with Crippen molar-refractivity contribution in [2.45, 2.75) is 32.7 Å². The third-order valence-corrected chi connectivity index (χ3v) is 7.28. The van der Waals surface area contributed by atoms with Crippen LogP contribution in [0.5, 0.6) is 0 Å². The Bertz CT molecular complexity index is 1350. The molecule has 3 heterocycles. The van der Waals surface area contributed by atoms with E-state index in [-0.39, 0.29) is 17.9 Å². The van der Waals surface area contributed by atoms with Crippen molar-refractivity contribution in [1.29, 1.82) is 0 Å². The normalized spacial score (nSPS) is 14.8. The molecule has 2 aromatic heterocycles. The molecule has 7 nitrogen and oxygen atoms in total. The van der Waals surface area contributed by atoms with Gasteiger partial charge in [-0.25, -0.2) is 4.98 Å². The molecule has 0 bridgehead atoms. The molecule has 0 spiro atoms. The number of carbonyl (C=O) groups excluding carboxylic acids is 2. The van der Waals surface area contributed by atoms with Crippen LogP contribution in [0.4, 0.5) is 5.69 Å². The zero-order chi connectivity index (χ0) is 24.4. The number of hydrogen-bond donors (Lipinski definition) is 2. The molecule has 2 aromatic carbocycles. The highest BCUT2D eigenvalue weighted by atomic mass is 32.1. The number of amides is 2. The van der Waals surface area contributed by atoms with Crippen molar-refractivity contribution in [2.75, 3.05) is 25.0 Å². The minimum absolute atomic E-state index is 0.0400. The number of aryl methyl sites for hydroxylation is 2. The highest BCUT2D eigenvalue weighted by molar-refractivity contribution is 7.21. The summed E-state index contributed by atoms with van der Waals surface area (Å²) in [4.78, 5) is 31.7. The average Bonchev–Trinajstić information content (AvgIpc) is 3.47. The Morgan fingerprint density at radius 2 is 1.83 bits per heavy atom. The van der Waals surface area contributed by atoms with Crippen molar-refractivity contribution in [2.24, 2.45) is 0 Å². The molecule has 1 aliphatic heterocycles. The molecule has 4 aromatic rings. The molecule has 35 heavy (non-hydrogen) atoms. The lowest BCUT2D eigenvalue weighted by Crippen LogP contribution is -2.46. The van der Waals surface area contributed by atoms with Gasteiger partial charge in [0.15, 0.2) is 5.76 Å². The Hall–Kier alpha value is -3.49. The Morgan fingerprint density at radius 1 is 1.06 bits per heavy atom. The van der Waals surface area contributed by atoms with E-state index in [0.717, 1.165) is 53.5 Å². The van der Waals surface area contributed by atoms with Crippen molar-refractivity contribution in [3.05, 3.63) is 71.7 Å². The van der Waals surface area contributed by atoms with Crippen molar-refractivity contribution >= 4 is 39.1 Å². The maximum absolute atomic E-state index is 12.6. The van der Waals surface area contributed by atoms with Crippen LogP contribution < -0.4 is 10.6 Å². The number of nitrogens with zero attached hydrogens (tertiary/aromatic N) is 2. The van der Waals surface area contributed by atoms with E-state index in [2.05, 4.69) is 40.7 Å². The van der Waals surface area contributed by atoms with Gasteiger partial charge in [-0.05, 0) is 80.8 Å². The number of carbonyl (C=O) groups is 2. The molecule has 5 rings (SSSR count). The van der Waals surface area contributed by atoms with Gasteiger partial charge in [-0.15, -0.1) is 11.3 Å². The number of furan rings is 1. The number of likely N-dealkylation sites (tertiary alicyclic amines) is 1. The molecule has 180 valence electrons. The van der Waals surface area contributed by atoms with Crippen LogP contribution >= 0.6 is 11.3 Å². The maximum Gasteiger partial charge on any atom is 0.287 e. The maximum atomic E-state index is 12.6. The number of nitrogens with one attached hydrogen (secondary N) is 2. The van der Waals surface area contributed by atoms with Gasteiger partial charge in [0.25, 0.3) is 5.91 Å². The molecule has 1 fully saturated rings. The quantitative estimate of drug-likeness (QED) is 0.399. The Morgan fingerprint density at radius 3 is 2.54 bits per heavy atom. The van der Waals surface area contributed by atoms with Crippen molar-refractivity contribution < 1.29 is 14.0 Å². The van der Waals surface area contributed by atoms with Gasteiger partial charge < -0.3 is 15.1 Å². The van der Waals surface area contributed by atoms with Crippen LogP contribution in [0.1, 0.15) is 34.7 Å². The lowest BCUT2D eigenvalue weighted by molar-refractivity contribution is -0.117. The highest BCUT2D eigenvalue weighted by Gasteiger charge is 2.23. The second-order valence-electron chi connectivity index (χ2n) is 9.05. The first-order chi connectivity index (χ1) is 16.9. The fraction of sp³-hybridized carbons (Fsp3) is 0.296. The summed E-state index contributed by atoms with van der Waals surface area (Å²) >= 11 is 1.67. The molecule has 1 saturated heterocycles. The minimum Gasteiger partial charge on any atom is -0.456 e. The minimum atomic E-state index is -0.182. The van der Waals surface area contributed by atoms with Crippen LogP contribution in [-0.2, 0) is 4.79 Å². The molecule has 0 radical (unpaired) electrons. The highest BCUT2D eigenvalue weighted by Crippen LogP contribution is 2.31. The molecule has 0 unspecified atom stereocenters. The first-order valence-corrected chi connectivity index (χ1v) is 12.6. The van der Waals surface area contributed by atoms with Crippen LogP contribution in [0.3, 0.4) is 0 Å². The second-order valence-corrected chi connectivity index (χ2v) is 10.1. The zero-order valence-corrected chi connectivity index (χ0v) is 20.7. The average molecular weight is 489 g/mol. The molecule has 8 heteroatoms. The molecule has 1 aliphatic rings. The van der Waals surface area contributed by atoms with Gasteiger partial charge in [0.05, 0.1) is 16.8 Å². The number of fused-ring (bicyclic) bond motifs is 1. The summed E-state index contributed by atoms with van der Waals surface area (Å²) < 4.78 is 6.57. The van der Waals surface area contributed by atoms with Crippen LogP contribution in [0.2, 0.25) is 0 Å². The van der Waals surface area contributed by atoms with E-state index in [1.54, 1.807) is 23.5 Å². The SMILES string of the molecule is Cc1ccc2nc(-c3ccc(NC(=O)CN4CCC(NC(=O)c5ccc(C)o5)CC4)cc3)sc2c1. The lowest BCUT2D eigenvalue weighted by atomic mass is 10.0. The predicted molar refractivity (Wildman–Crippen MR) is 139 cm³/mol. The van der Waals surface area contributed by atoms with Gasteiger partial charge in [-0.2, -0.15) is 0 Å². The summed E-state index contributed by atoms with van der Waals surface area (Å²) in [5, 5.41) is 6.99. The number of rotatable bonds is 6. The third-order valence-electron chi connectivity index (χ3n) is 6.21. The molecular weight excluding hydrogens is 460 g/mol. The number of piperidine rings is 1. The predicted octanol–water partition coefficient (Wildman–Crippen LogP) is 5.01. The van der Waals surface area contributed by atoms with Gasteiger partial charge in [-0.1, -0.05) is 6.07 Å². The third kappa shape index (κ3) is 5.61. The molecular formula is C27H28N4O3S. The van der Waals surface area contributed by atoms with E-state index in [9.17, 15) is 9.59 Å². The van der Waals surface area contributed by atoms with Crippen LogP contribution in [0.25, 0.3) is 20.8 Å². The van der Waals surface area contributed by atoms with Gasteiger partial charge in [0.1, 0.15) is 10.8 Å². The molecule has 0 saturated carbocycles. The first kappa shape index (κ1) is 23.3. The largest absolute Gasteiger partial charge is 0.456 e. The Labute approximate surface area is 208 Å². The molecule has 0 atom stereocenters. The van der Waals surface area contributed by atoms with Crippen molar-refractivity contribution in [3.8, 4) is 10.6 Å². The number of aromatic nitrogens is 1. The van der Waals surface area contributed by atoms with E-state index in [1.165, 1.54) is 10.3 Å². The molecule has 2 N–H and O–H groups in total.